The first-order chi connectivity index (χ1) is 9.44. The van der Waals surface area contributed by atoms with Crippen molar-refractivity contribution in [2.45, 2.75) is 76.6 Å². The fraction of sp³-hybridized carbons (Fsp3) is 0.933. The van der Waals surface area contributed by atoms with E-state index in [1.54, 1.807) is 0 Å². The summed E-state index contributed by atoms with van der Waals surface area (Å²) >= 11 is 2.03. The summed E-state index contributed by atoms with van der Waals surface area (Å²) in [5.74, 6) is 2.50. The number of carbonyl (C=O) groups excluding carboxylic acids is 1. The molecular weight excluding hydrogens is 272 g/mol. The van der Waals surface area contributed by atoms with Gasteiger partial charge in [0.25, 0.3) is 0 Å². The Balaban J connectivity index is 1.79. The number of alkyl carbamates (subject to hydrolysis) is 1. The van der Waals surface area contributed by atoms with Gasteiger partial charge in [0.05, 0.1) is 0 Å². The van der Waals surface area contributed by atoms with Crippen LogP contribution in [0.1, 0.15) is 52.9 Å². The lowest BCUT2D eigenvalue weighted by molar-refractivity contribution is 0.0497. The van der Waals surface area contributed by atoms with Crippen molar-refractivity contribution in [2.75, 3.05) is 11.5 Å². The van der Waals surface area contributed by atoms with E-state index in [0.717, 1.165) is 12.8 Å². The van der Waals surface area contributed by atoms with E-state index >= 15 is 0 Å². The average molecular weight is 300 g/mol. The van der Waals surface area contributed by atoms with Gasteiger partial charge >= 0.3 is 6.09 Å². The van der Waals surface area contributed by atoms with Gasteiger partial charge in [-0.15, -0.1) is 0 Å². The van der Waals surface area contributed by atoms with Crippen LogP contribution in [-0.4, -0.2) is 41.3 Å². The fourth-order valence-electron chi connectivity index (χ4n) is 2.97. The number of thioether (sulfide) groups is 1. The number of amides is 1. The highest BCUT2D eigenvalue weighted by atomic mass is 32.2. The maximum atomic E-state index is 11.9. The van der Waals surface area contributed by atoms with Crippen molar-refractivity contribution in [1.82, 2.24) is 10.6 Å². The molecule has 2 rings (SSSR count). The molecule has 3 atom stereocenters. The van der Waals surface area contributed by atoms with Crippen LogP contribution in [-0.2, 0) is 4.74 Å². The van der Waals surface area contributed by atoms with Crippen LogP contribution >= 0.6 is 11.8 Å². The molecule has 0 aromatic rings. The molecule has 4 nitrogen and oxygen atoms in total. The Kier molecular flexibility index (Phi) is 5.61. The van der Waals surface area contributed by atoms with Gasteiger partial charge in [-0.05, 0) is 58.6 Å². The Morgan fingerprint density at radius 3 is 2.55 bits per heavy atom. The zero-order chi connectivity index (χ0) is 14.6. The van der Waals surface area contributed by atoms with Gasteiger partial charge in [-0.25, -0.2) is 4.79 Å². The minimum Gasteiger partial charge on any atom is -0.444 e. The van der Waals surface area contributed by atoms with Gasteiger partial charge in [-0.1, -0.05) is 0 Å². The molecule has 1 saturated carbocycles. The largest absolute Gasteiger partial charge is 0.444 e. The van der Waals surface area contributed by atoms with Crippen LogP contribution in [0.5, 0.6) is 0 Å². The van der Waals surface area contributed by atoms with Gasteiger partial charge in [0.1, 0.15) is 5.60 Å². The van der Waals surface area contributed by atoms with Gasteiger partial charge in [0, 0.05) is 23.9 Å². The maximum absolute atomic E-state index is 11.9. The highest BCUT2D eigenvalue weighted by molar-refractivity contribution is 7.99. The summed E-state index contributed by atoms with van der Waals surface area (Å²) in [6.45, 7) is 5.70. The fourth-order valence-corrected chi connectivity index (χ4v) is 4.05. The first-order valence-corrected chi connectivity index (χ1v) is 8.93. The van der Waals surface area contributed by atoms with E-state index in [1.807, 2.05) is 32.5 Å². The minimum absolute atomic E-state index is 0.219. The second-order valence-electron chi connectivity index (χ2n) is 6.87. The van der Waals surface area contributed by atoms with E-state index in [2.05, 4.69) is 10.6 Å². The predicted molar refractivity (Wildman–Crippen MR) is 84.3 cm³/mol. The Bertz CT molecular complexity index is 324. The Morgan fingerprint density at radius 2 is 1.90 bits per heavy atom. The van der Waals surface area contributed by atoms with Gasteiger partial charge < -0.3 is 15.4 Å². The average Bonchev–Trinajstić information content (AvgIpc) is 2.75. The molecule has 3 unspecified atom stereocenters. The zero-order valence-corrected chi connectivity index (χ0v) is 13.7. The lowest BCUT2D eigenvalue weighted by Crippen LogP contribution is -2.51. The molecule has 20 heavy (non-hydrogen) atoms. The lowest BCUT2D eigenvalue weighted by Gasteiger charge is -2.30. The molecule has 0 bridgehead atoms. The predicted octanol–water partition coefficient (Wildman–Crippen LogP) is 2.92. The molecule has 1 aliphatic carbocycles. The van der Waals surface area contributed by atoms with Crippen LogP contribution in [0.25, 0.3) is 0 Å². The Morgan fingerprint density at radius 1 is 1.15 bits per heavy atom. The molecule has 0 radical (unpaired) electrons. The Labute approximate surface area is 126 Å². The highest BCUT2D eigenvalue weighted by Gasteiger charge is 2.31. The summed E-state index contributed by atoms with van der Waals surface area (Å²) in [4.78, 5) is 11.9. The van der Waals surface area contributed by atoms with E-state index in [-0.39, 0.29) is 12.1 Å². The molecule has 2 N–H and O–H groups in total. The molecule has 2 aliphatic rings. The summed E-state index contributed by atoms with van der Waals surface area (Å²) in [6, 6.07) is 1.24. The molecule has 1 amide bonds. The van der Waals surface area contributed by atoms with E-state index in [4.69, 9.17) is 4.74 Å². The number of hydrogen-bond donors (Lipinski definition) is 2. The van der Waals surface area contributed by atoms with Gasteiger partial charge in [-0.3, -0.25) is 0 Å². The maximum Gasteiger partial charge on any atom is 0.407 e. The molecule has 0 aromatic heterocycles. The second-order valence-corrected chi connectivity index (χ2v) is 8.02. The third-order valence-corrected chi connectivity index (χ3v) is 5.04. The van der Waals surface area contributed by atoms with Gasteiger partial charge in [0.15, 0.2) is 0 Å². The van der Waals surface area contributed by atoms with E-state index in [9.17, 15) is 4.79 Å². The van der Waals surface area contributed by atoms with Crippen molar-refractivity contribution in [1.29, 1.82) is 0 Å². The first kappa shape index (κ1) is 16.0. The van der Waals surface area contributed by atoms with Crippen molar-refractivity contribution in [3.05, 3.63) is 0 Å². The minimum atomic E-state index is -0.425. The number of nitrogens with one attached hydrogen (secondary N) is 2. The van der Waals surface area contributed by atoms with Crippen LogP contribution in [0.3, 0.4) is 0 Å². The summed E-state index contributed by atoms with van der Waals surface area (Å²) < 4.78 is 5.36. The van der Waals surface area contributed by atoms with Crippen molar-refractivity contribution in [3.63, 3.8) is 0 Å². The lowest BCUT2D eigenvalue weighted by atomic mass is 10.1. The van der Waals surface area contributed by atoms with E-state index in [1.165, 1.54) is 30.8 Å². The topological polar surface area (TPSA) is 50.4 Å². The standard InChI is InChI=1S/C15H28N2O2S/c1-15(2,3)19-14(18)17-13-8-4-7-12(13)16-11-6-5-9-20-10-11/h11-13,16H,4-10H2,1-3H3,(H,17,18). The number of hydrogen-bond acceptors (Lipinski definition) is 4. The van der Waals surface area contributed by atoms with Crippen molar-refractivity contribution < 1.29 is 9.53 Å². The third kappa shape index (κ3) is 5.17. The zero-order valence-electron chi connectivity index (χ0n) is 12.9. The SMILES string of the molecule is CC(C)(C)OC(=O)NC1CCCC1NC1CCCSC1. The van der Waals surface area contributed by atoms with Crippen LogP contribution in [0.2, 0.25) is 0 Å². The molecule has 0 spiro atoms. The van der Waals surface area contributed by atoms with Gasteiger partial charge in [-0.2, -0.15) is 11.8 Å². The molecule has 0 aromatic carbocycles. The molecular formula is C15H28N2O2S. The summed E-state index contributed by atoms with van der Waals surface area (Å²) in [5, 5.41) is 6.79. The third-order valence-electron chi connectivity index (χ3n) is 3.83. The molecule has 1 heterocycles. The first-order valence-electron chi connectivity index (χ1n) is 7.77. The summed E-state index contributed by atoms with van der Waals surface area (Å²) in [7, 11) is 0. The van der Waals surface area contributed by atoms with Crippen molar-refractivity contribution >= 4 is 17.9 Å². The molecule has 1 saturated heterocycles. The van der Waals surface area contributed by atoms with Crippen LogP contribution in [0.4, 0.5) is 4.79 Å². The van der Waals surface area contributed by atoms with Crippen LogP contribution in [0.15, 0.2) is 0 Å². The molecule has 2 fully saturated rings. The normalized spacial score (nSPS) is 31.1. The van der Waals surface area contributed by atoms with E-state index in [0.29, 0.717) is 12.1 Å². The summed E-state index contributed by atoms with van der Waals surface area (Å²) in [5.41, 5.74) is -0.425. The van der Waals surface area contributed by atoms with Gasteiger partial charge in [0.2, 0.25) is 0 Å². The number of ether oxygens (including phenoxy) is 1. The molecule has 1 aliphatic heterocycles. The molecule has 5 heteroatoms. The molecule has 116 valence electrons. The monoisotopic (exact) mass is 300 g/mol. The van der Waals surface area contributed by atoms with Crippen LogP contribution in [0, 0.1) is 0 Å². The number of rotatable bonds is 3. The van der Waals surface area contributed by atoms with Crippen molar-refractivity contribution in [3.8, 4) is 0 Å². The number of carbonyl (C=O) groups is 1. The summed E-state index contributed by atoms with van der Waals surface area (Å²) in [6.07, 6.45) is 5.67. The van der Waals surface area contributed by atoms with E-state index < -0.39 is 5.60 Å². The quantitative estimate of drug-likeness (QED) is 0.841. The smallest absolute Gasteiger partial charge is 0.407 e. The van der Waals surface area contributed by atoms with Crippen LogP contribution < -0.4 is 10.6 Å². The highest BCUT2D eigenvalue weighted by Crippen LogP contribution is 2.23. The Hall–Kier alpha value is -0.420. The van der Waals surface area contributed by atoms with Crippen molar-refractivity contribution in [2.24, 2.45) is 0 Å². The second kappa shape index (κ2) is 7.03.